The summed E-state index contributed by atoms with van der Waals surface area (Å²) >= 11 is 6.18. The molecule has 0 aliphatic rings. The number of furan rings is 1. The molecular formula is C16H20ClNO. The second-order valence-corrected chi connectivity index (χ2v) is 5.46. The third-order valence-corrected chi connectivity index (χ3v) is 3.94. The van der Waals surface area contributed by atoms with Crippen LogP contribution < -0.4 is 5.32 Å². The summed E-state index contributed by atoms with van der Waals surface area (Å²) in [6, 6.07) is 6.41. The molecule has 3 heteroatoms. The van der Waals surface area contributed by atoms with Gasteiger partial charge in [0.1, 0.15) is 11.5 Å². The van der Waals surface area contributed by atoms with Gasteiger partial charge in [0.2, 0.25) is 0 Å². The molecule has 102 valence electrons. The van der Waals surface area contributed by atoms with Crippen molar-refractivity contribution in [2.45, 2.75) is 33.7 Å². The molecule has 1 unspecified atom stereocenters. The smallest absolute Gasteiger partial charge is 0.106 e. The third-order valence-electron chi connectivity index (χ3n) is 3.54. The lowest BCUT2D eigenvalue weighted by Crippen LogP contribution is -2.19. The number of hydrogen-bond donors (Lipinski definition) is 1. The van der Waals surface area contributed by atoms with E-state index >= 15 is 0 Å². The molecule has 1 aromatic heterocycles. The third kappa shape index (κ3) is 2.70. The van der Waals surface area contributed by atoms with Crippen LogP contribution in [0.1, 0.15) is 39.8 Å². The predicted octanol–water partition coefficient (Wildman–Crippen LogP) is 4.48. The standard InChI is InChI=1S/C16H20ClNO/c1-9-7-15(17)10(2)6-13(9)16(18-5)14-8-11(3)19-12(14)4/h6-8,16,18H,1-5H3. The first-order chi connectivity index (χ1) is 8.93. The van der Waals surface area contributed by atoms with Gasteiger partial charge in [-0.25, -0.2) is 0 Å². The zero-order valence-corrected chi connectivity index (χ0v) is 12.9. The molecule has 1 heterocycles. The Morgan fingerprint density at radius 3 is 2.21 bits per heavy atom. The van der Waals surface area contributed by atoms with Crippen LogP contribution in [0.5, 0.6) is 0 Å². The Bertz CT molecular complexity index is 601. The van der Waals surface area contributed by atoms with Crippen molar-refractivity contribution in [3.05, 3.63) is 57.0 Å². The first-order valence-electron chi connectivity index (χ1n) is 6.45. The van der Waals surface area contributed by atoms with Crippen LogP contribution in [0.2, 0.25) is 5.02 Å². The number of halogens is 1. The van der Waals surface area contributed by atoms with Gasteiger partial charge in [-0.05, 0) is 63.6 Å². The number of hydrogen-bond acceptors (Lipinski definition) is 2. The average Bonchev–Trinajstić information content (AvgIpc) is 2.66. The minimum atomic E-state index is 0.133. The van der Waals surface area contributed by atoms with E-state index in [9.17, 15) is 0 Å². The topological polar surface area (TPSA) is 25.2 Å². The first kappa shape index (κ1) is 14.2. The Labute approximate surface area is 119 Å². The fourth-order valence-electron chi connectivity index (χ4n) is 2.53. The van der Waals surface area contributed by atoms with E-state index in [4.69, 9.17) is 16.0 Å². The van der Waals surface area contributed by atoms with Gasteiger partial charge in [-0.2, -0.15) is 0 Å². The van der Waals surface area contributed by atoms with E-state index in [1.165, 1.54) is 16.7 Å². The van der Waals surface area contributed by atoms with E-state index in [0.717, 1.165) is 22.1 Å². The highest BCUT2D eigenvalue weighted by atomic mass is 35.5. The molecular weight excluding hydrogens is 258 g/mol. The predicted molar refractivity (Wildman–Crippen MR) is 80.0 cm³/mol. The lowest BCUT2D eigenvalue weighted by Gasteiger charge is -2.19. The minimum absolute atomic E-state index is 0.133. The Morgan fingerprint density at radius 1 is 1.00 bits per heavy atom. The Kier molecular flexibility index (Phi) is 4.02. The molecule has 0 aliphatic carbocycles. The van der Waals surface area contributed by atoms with Crippen LogP contribution in [0.25, 0.3) is 0 Å². The van der Waals surface area contributed by atoms with E-state index in [0.29, 0.717) is 0 Å². The van der Waals surface area contributed by atoms with E-state index in [1.807, 2.05) is 33.9 Å². The second kappa shape index (κ2) is 5.40. The zero-order chi connectivity index (χ0) is 14.2. The van der Waals surface area contributed by atoms with Gasteiger partial charge < -0.3 is 9.73 Å². The van der Waals surface area contributed by atoms with Crippen LogP contribution in [0.15, 0.2) is 22.6 Å². The first-order valence-corrected chi connectivity index (χ1v) is 6.82. The fourth-order valence-corrected chi connectivity index (χ4v) is 2.75. The molecule has 19 heavy (non-hydrogen) atoms. The Morgan fingerprint density at radius 2 is 1.68 bits per heavy atom. The minimum Gasteiger partial charge on any atom is -0.466 e. The monoisotopic (exact) mass is 277 g/mol. The molecule has 2 nitrogen and oxygen atoms in total. The van der Waals surface area contributed by atoms with Crippen molar-refractivity contribution in [3.8, 4) is 0 Å². The van der Waals surface area contributed by atoms with Crippen LogP contribution in [-0.2, 0) is 0 Å². The van der Waals surface area contributed by atoms with Crippen molar-refractivity contribution in [3.63, 3.8) is 0 Å². The Hall–Kier alpha value is -1.25. The molecule has 2 aromatic rings. The van der Waals surface area contributed by atoms with Crippen molar-refractivity contribution in [1.29, 1.82) is 0 Å². The molecule has 1 aromatic carbocycles. The lowest BCUT2D eigenvalue weighted by atomic mass is 9.93. The lowest BCUT2D eigenvalue weighted by molar-refractivity contribution is 0.496. The SMILES string of the molecule is CNC(c1cc(C)c(Cl)cc1C)c1cc(C)oc1C. The number of aryl methyl sites for hydroxylation is 4. The van der Waals surface area contributed by atoms with Crippen LogP contribution in [0.3, 0.4) is 0 Å². The highest BCUT2D eigenvalue weighted by Gasteiger charge is 2.20. The van der Waals surface area contributed by atoms with Gasteiger partial charge in [0.25, 0.3) is 0 Å². The van der Waals surface area contributed by atoms with Crippen LogP contribution >= 0.6 is 11.6 Å². The summed E-state index contributed by atoms with van der Waals surface area (Å²) in [5, 5.41) is 4.19. The summed E-state index contributed by atoms with van der Waals surface area (Å²) in [6.45, 7) is 8.10. The largest absolute Gasteiger partial charge is 0.466 e. The van der Waals surface area contributed by atoms with Gasteiger partial charge in [-0.3, -0.25) is 0 Å². The maximum Gasteiger partial charge on any atom is 0.106 e. The average molecular weight is 278 g/mol. The van der Waals surface area contributed by atoms with Crippen molar-refractivity contribution >= 4 is 11.6 Å². The van der Waals surface area contributed by atoms with E-state index in [1.54, 1.807) is 0 Å². The van der Waals surface area contributed by atoms with Crippen LogP contribution in [0, 0.1) is 27.7 Å². The molecule has 0 aliphatic heterocycles. The summed E-state index contributed by atoms with van der Waals surface area (Å²) in [7, 11) is 1.97. The molecule has 0 fully saturated rings. The van der Waals surface area contributed by atoms with Gasteiger partial charge in [0, 0.05) is 10.6 Å². The highest BCUT2D eigenvalue weighted by molar-refractivity contribution is 6.31. The summed E-state index contributed by atoms with van der Waals surface area (Å²) < 4.78 is 5.65. The van der Waals surface area contributed by atoms with Gasteiger partial charge in [0.15, 0.2) is 0 Å². The summed E-state index contributed by atoms with van der Waals surface area (Å²) in [5.74, 6) is 1.90. The zero-order valence-electron chi connectivity index (χ0n) is 12.1. The van der Waals surface area contributed by atoms with E-state index in [-0.39, 0.29) is 6.04 Å². The van der Waals surface area contributed by atoms with Crippen molar-refractivity contribution in [2.24, 2.45) is 0 Å². The molecule has 0 radical (unpaired) electrons. The molecule has 1 atom stereocenters. The number of nitrogens with one attached hydrogen (secondary N) is 1. The maximum absolute atomic E-state index is 6.18. The molecule has 2 rings (SSSR count). The quantitative estimate of drug-likeness (QED) is 0.895. The molecule has 0 amide bonds. The second-order valence-electron chi connectivity index (χ2n) is 5.05. The molecule has 0 saturated carbocycles. The van der Waals surface area contributed by atoms with Crippen molar-refractivity contribution in [1.82, 2.24) is 5.32 Å². The number of rotatable bonds is 3. The molecule has 0 bridgehead atoms. The van der Waals surface area contributed by atoms with Gasteiger partial charge in [0.05, 0.1) is 6.04 Å². The summed E-state index contributed by atoms with van der Waals surface area (Å²) in [6.07, 6.45) is 0. The summed E-state index contributed by atoms with van der Waals surface area (Å²) in [4.78, 5) is 0. The van der Waals surface area contributed by atoms with E-state index < -0.39 is 0 Å². The van der Waals surface area contributed by atoms with E-state index in [2.05, 4.69) is 24.4 Å². The van der Waals surface area contributed by atoms with Gasteiger partial charge >= 0.3 is 0 Å². The van der Waals surface area contributed by atoms with Crippen LogP contribution in [0.4, 0.5) is 0 Å². The van der Waals surface area contributed by atoms with Crippen molar-refractivity contribution < 1.29 is 4.42 Å². The molecule has 0 spiro atoms. The van der Waals surface area contributed by atoms with Crippen LogP contribution in [-0.4, -0.2) is 7.05 Å². The molecule has 0 saturated heterocycles. The fraction of sp³-hybridized carbons (Fsp3) is 0.375. The maximum atomic E-state index is 6.18. The van der Waals surface area contributed by atoms with Gasteiger partial charge in [-0.15, -0.1) is 0 Å². The molecule has 1 N–H and O–H groups in total. The van der Waals surface area contributed by atoms with Gasteiger partial charge in [-0.1, -0.05) is 17.7 Å². The van der Waals surface area contributed by atoms with Crippen molar-refractivity contribution in [2.75, 3.05) is 7.05 Å². The Balaban J connectivity index is 2.54. The normalized spacial score (nSPS) is 12.7. The summed E-state index contributed by atoms with van der Waals surface area (Å²) in [5.41, 5.74) is 4.71. The highest BCUT2D eigenvalue weighted by Crippen LogP contribution is 2.31. The number of benzene rings is 1.